The van der Waals surface area contributed by atoms with Crippen molar-refractivity contribution in [1.29, 1.82) is 0 Å². The van der Waals surface area contributed by atoms with Crippen LogP contribution in [-0.4, -0.2) is 24.0 Å². The van der Waals surface area contributed by atoms with Gasteiger partial charge in [0, 0.05) is 19.3 Å². The first-order chi connectivity index (χ1) is 8.67. The Balaban J connectivity index is -0.000000347. The summed E-state index contributed by atoms with van der Waals surface area (Å²) in [6.07, 6.45) is -0.816. The highest BCUT2D eigenvalue weighted by molar-refractivity contribution is 5.80. The SMILES string of the molecule is C.CC(=O)C(C)(C)C.CC(=O)OC(C)OC(=O)C(C)(C)C. The molecule has 0 aliphatic heterocycles. The molecule has 0 aromatic carbocycles. The second-order valence-corrected chi connectivity index (χ2v) is 6.64. The van der Waals surface area contributed by atoms with E-state index in [-0.39, 0.29) is 24.6 Å². The number of esters is 2. The Hall–Kier alpha value is -1.39. The van der Waals surface area contributed by atoms with Gasteiger partial charge in [-0.25, -0.2) is 0 Å². The molecule has 0 saturated heterocycles. The third-order valence-corrected chi connectivity index (χ3v) is 2.27. The summed E-state index contributed by atoms with van der Waals surface area (Å²) in [4.78, 5) is 32.2. The molecule has 0 aromatic rings. The lowest BCUT2D eigenvalue weighted by molar-refractivity contribution is -0.189. The maximum atomic E-state index is 11.2. The molecule has 0 heterocycles. The molecule has 21 heavy (non-hydrogen) atoms. The smallest absolute Gasteiger partial charge is 0.314 e. The molecule has 0 fully saturated rings. The van der Waals surface area contributed by atoms with Crippen LogP contribution in [0, 0.1) is 10.8 Å². The van der Waals surface area contributed by atoms with Crippen molar-refractivity contribution in [3.8, 4) is 0 Å². The van der Waals surface area contributed by atoms with E-state index in [0.717, 1.165) is 0 Å². The van der Waals surface area contributed by atoms with Gasteiger partial charge in [0.1, 0.15) is 5.78 Å². The van der Waals surface area contributed by atoms with Crippen LogP contribution in [0.2, 0.25) is 0 Å². The van der Waals surface area contributed by atoms with Crippen molar-refractivity contribution in [2.75, 3.05) is 0 Å². The molecule has 0 amide bonds. The molecule has 126 valence electrons. The Bertz CT molecular complexity index is 345. The van der Waals surface area contributed by atoms with Crippen molar-refractivity contribution in [2.24, 2.45) is 10.8 Å². The lowest BCUT2D eigenvalue weighted by Gasteiger charge is -2.20. The predicted octanol–water partition coefficient (Wildman–Crippen LogP) is 3.74. The van der Waals surface area contributed by atoms with E-state index in [1.165, 1.54) is 13.8 Å². The third kappa shape index (κ3) is 14.8. The Kier molecular flexibility index (Phi) is 11.2. The van der Waals surface area contributed by atoms with Gasteiger partial charge in [0.25, 0.3) is 0 Å². The zero-order valence-electron chi connectivity index (χ0n) is 14.1. The quantitative estimate of drug-likeness (QED) is 0.574. The number of carbonyl (C=O) groups is 3. The lowest BCUT2D eigenvalue weighted by Crippen LogP contribution is -2.29. The second-order valence-electron chi connectivity index (χ2n) is 6.64. The zero-order valence-corrected chi connectivity index (χ0v) is 14.1. The van der Waals surface area contributed by atoms with Crippen molar-refractivity contribution in [2.45, 2.75) is 76.0 Å². The van der Waals surface area contributed by atoms with Gasteiger partial charge in [0.15, 0.2) is 0 Å². The van der Waals surface area contributed by atoms with Crippen LogP contribution in [0.3, 0.4) is 0 Å². The molecular formula is C16H32O5. The van der Waals surface area contributed by atoms with Gasteiger partial charge in [-0.15, -0.1) is 0 Å². The molecular weight excluding hydrogens is 272 g/mol. The van der Waals surface area contributed by atoms with Crippen LogP contribution in [0.5, 0.6) is 0 Å². The Labute approximate surface area is 129 Å². The first kappa shape index (κ1) is 24.6. The van der Waals surface area contributed by atoms with E-state index < -0.39 is 17.7 Å². The summed E-state index contributed by atoms with van der Waals surface area (Å²) >= 11 is 0. The Morgan fingerprint density at radius 2 is 1.14 bits per heavy atom. The highest BCUT2D eigenvalue weighted by Crippen LogP contribution is 2.16. The van der Waals surface area contributed by atoms with Crippen molar-refractivity contribution >= 4 is 17.7 Å². The van der Waals surface area contributed by atoms with Gasteiger partial charge in [-0.2, -0.15) is 0 Å². The summed E-state index contributed by atoms with van der Waals surface area (Å²) in [7, 11) is 0. The van der Waals surface area contributed by atoms with Crippen LogP contribution in [0.15, 0.2) is 0 Å². The van der Waals surface area contributed by atoms with E-state index in [9.17, 15) is 14.4 Å². The van der Waals surface area contributed by atoms with E-state index in [1.54, 1.807) is 27.7 Å². The largest absolute Gasteiger partial charge is 0.426 e. The number of ether oxygens (including phenoxy) is 2. The fraction of sp³-hybridized carbons (Fsp3) is 0.812. The van der Waals surface area contributed by atoms with E-state index in [2.05, 4.69) is 4.74 Å². The minimum absolute atomic E-state index is 0. The van der Waals surface area contributed by atoms with Gasteiger partial charge in [-0.1, -0.05) is 28.2 Å². The van der Waals surface area contributed by atoms with E-state index in [4.69, 9.17) is 4.74 Å². The molecule has 1 unspecified atom stereocenters. The first-order valence-corrected chi connectivity index (χ1v) is 6.57. The molecule has 1 atom stereocenters. The summed E-state index contributed by atoms with van der Waals surface area (Å²) in [6.45, 7) is 15.3. The summed E-state index contributed by atoms with van der Waals surface area (Å²) in [5.74, 6) is -0.608. The Morgan fingerprint density at radius 3 is 1.33 bits per heavy atom. The van der Waals surface area contributed by atoms with Crippen molar-refractivity contribution in [3.63, 3.8) is 0 Å². The summed E-state index contributed by atoms with van der Waals surface area (Å²) in [5.41, 5.74) is -0.714. The molecule has 0 spiro atoms. The van der Waals surface area contributed by atoms with Crippen molar-refractivity contribution in [1.82, 2.24) is 0 Å². The average Bonchev–Trinajstić information content (AvgIpc) is 2.13. The van der Waals surface area contributed by atoms with Gasteiger partial charge in [0.2, 0.25) is 6.29 Å². The highest BCUT2D eigenvalue weighted by Gasteiger charge is 2.25. The van der Waals surface area contributed by atoms with Crippen molar-refractivity contribution < 1.29 is 23.9 Å². The summed E-state index contributed by atoms with van der Waals surface area (Å²) in [5, 5.41) is 0. The molecule has 5 heteroatoms. The van der Waals surface area contributed by atoms with Gasteiger partial charge in [0.05, 0.1) is 5.41 Å². The fourth-order valence-corrected chi connectivity index (χ4v) is 0.585. The van der Waals surface area contributed by atoms with Gasteiger partial charge in [-0.3, -0.25) is 14.4 Å². The third-order valence-electron chi connectivity index (χ3n) is 2.27. The number of hydrogen-bond acceptors (Lipinski definition) is 5. The second kappa shape index (κ2) is 9.53. The molecule has 0 aliphatic rings. The normalized spacial score (nSPS) is 12.0. The van der Waals surface area contributed by atoms with Crippen LogP contribution in [-0.2, 0) is 23.9 Å². The van der Waals surface area contributed by atoms with Gasteiger partial charge in [-0.05, 0) is 27.7 Å². The van der Waals surface area contributed by atoms with Crippen LogP contribution < -0.4 is 0 Å². The number of hydrogen-bond donors (Lipinski definition) is 0. The van der Waals surface area contributed by atoms with Crippen LogP contribution >= 0.6 is 0 Å². The number of ketones is 1. The molecule has 5 nitrogen and oxygen atoms in total. The van der Waals surface area contributed by atoms with E-state index >= 15 is 0 Å². The number of rotatable bonds is 2. The zero-order chi connectivity index (χ0) is 16.7. The standard InChI is InChI=1S/C9H16O4.C6H12O.CH4/c1-6(10)12-7(2)13-8(11)9(3,4)5;1-5(7)6(2,3)4;/h7H,1-5H3;1-4H3;1H4. The van der Waals surface area contributed by atoms with Crippen LogP contribution in [0.4, 0.5) is 0 Å². The molecule has 0 aliphatic carbocycles. The van der Waals surface area contributed by atoms with Crippen LogP contribution in [0.1, 0.15) is 69.7 Å². The van der Waals surface area contributed by atoms with E-state index in [0.29, 0.717) is 0 Å². The minimum Gasteiger partial charge on any atom is -0.426 e. The first-order valence-electron chi connectivity index (χ1n) is 6.57. The van der Waals surface area contributed by atoms with Gasteiger partial charge >= 0.3 is 11.9 Å². The predicted molar refractivity (Wildman–Crippen MR) is 83.6 cm³/mol. The van der Waals surface area contributed by atoms with Crippen LogP contribution in [0.25, 0.3) is 0 Å². The molecule has 0 N–H and O–H groups in total. The molecule has 0 rings (SSSR count). The van der Waals surface area contributed by atoms with Gasteiger partial charge < -0.3 is 9.47 Å². The molecule has 0 bridgehead atoms. The molecule has 0 aromatic heterocycles. The summed E-state index contributed by atoms with van der Waals surface area (Å²) in [6, 6.07) is 0. The Morgan fingerprint density at radius 1 is 0.810 bits per heavy atom. The maximum absolute atomic E-state index is 11.2. The molecule has 0 saturated carbocycles. The average molecular weight is 304 g/mol. The topological polar surface area (TPSA) is 69.7 Å². The monoisotopic (exact) mass is 304 g/mol. The fourth-order valence-electron chi connectivity index (χ4n) is 0.585. The summed E-state index contributed by atoms with van der Waals surface area (Å²) < 4.78 is 9.48. The number of carbonyl (C=O) groups excluding carboxylic acids is 3. The minimum atomic E-state index is -0.816. The van der Waals surface area contributed by atoms with Crippen molar-refractivity contribution in [3.05, 3.63) is 0 Å². The maximum Gasteiger partial charge on any atom is 0.314 e. The van der Waals surface area contributed by atoms with E-state index in [1.807, 2.05) is 20.8 Å². The lowest BCUT2D eigenvalue weighted by atomic mass is 9.92. The number of Topliss-reactive ketones (excluding diaryl/α,β-unsaturated/α-hetero) is 1. The molecule has 0 radical (unpaired) electrons. The highest BCUT2D eigenvalue weighted by atomic mass is 16.7.